The zero-order valence-electron chi connectivity index (χ0n) is 13.1. The van der Waals surface area contributed by atoms with Crippen LogP contribution in [0.2, 0.25) is 0 Å². The van der Waals surface area contributed by atoms with Crippen LogP contribution < -0.4 is 4.72 Å². The van der Waals surface area contributed by atoms with E-state index in [0.717, 1.165) is 6.42 Å². The Morgan fingerprint density at radius 2 is 1.83 bits per heavy atom. The van der Waals surface area contributed by atoms with E-state index in [1.165, 1.54) is 24.3 Å². The molecule has 0 aliphatic carbocycles. The molecule has 0 heterocycles. The summed E-state index contributed by atoms with van der Waals surface area (Å²) < 4.78 is 31.4. The highest BCUT2D eigenvalue weighted by molar-refractivity contribution is 7.89. The molecule has 0 spiro atoms. The molecule has 7 nitrogen and oxygen atoms in total. The molecule has 128 valence electrons. The van der Waals surface area contributed by atoms with Crippen molar-refractivity contribution in [2.45, 2.75) is 44.0 Å². The van der Waals surface area contributed by atoms with Gasteiger partial charge in [-0.1, -0.05) is 19.8 Å². The minimum absolute atomic E-state index is 0.103. The molecule has 1 aromatic rings. The van der Waals surface area contributed by atoms with Crippen molar-refractivity contribution in [2.24, 2.45) is 0 Å². The number of sulfonamides is 1. The third-order valence-corrected chi connectivity index (χ3v) is 4.61. The lowest BCUT2D eigenvalue weighted by Crippen LogP contribution is -2.40. The second kappa shape index (κ2) is 8.64. The highest BCUT2D eigenvalue weighted by atomic mass is 32.2. The van der Waals surface area contributed by atoms with Gasteiger partial charge in [-0.3, -0.25) is 4.79 Å². The maximum Gasteiger partial charge on any atom is 0.338 e. The first-order chi connectivity index (χ1) is 10.8. The summed E-state index contributed by atoms with van der Waals surface area (Å²) in [5.74, 6) is -1.76. The summed E-state index contributed by atoms with van der Waals surface area (Å²) in [5.41, 5.74) is 0.228. The van der Waals surface area contributed by atoms with Gasteiger partial charge in [0.15, 0.2) is 0 Å². The highest BCUT2D eigenvalue weighted by Crippen LogP contribution is 2.13. The second-order valence-corrected chi connectivity index (χ2v) is 6.61. The zero-order valence-corrected chi connectivity index (χ0v) is 13.9. The van der Waals surface area contributed by atoms with Crippen LogP contribution in [-0.4, -0.2) is 38.1 Å². The van der Waals surface area contributed by atoms with Gasteiger partial charge in [0.05, 0.1) is 17.1 Å². The molecule has 23 heavy (non-hydrogen) atoms. The summed E-state index contributed by atoms with van der Waals surface area (Å²) in [7, 11) is -3.97. The van der Waals surface area contributed by atoms with Crippen LogP contribution in [0.25, 0.3) is 0 Å². The molecule has 0 amide bonds. The predicted octanol–water partition coefficient (Wildman–Crippen LogP) is 1.78. The summed E-state index contributed by atoms with van der Waals surface area (Å²) in [6, 6.07) is 3.97. The van der Waals surface area contributed by atoms with Crippen LogP contribution in [0.15, 0.2) is 29.2 Å². The van der Waals surface area contributed by atoms with E-state index in [1.807, 2.05) is 6.92 Å². The first-order valence-corrected chi connectivity index (χ1v) is 8.82. The predicted molar refractivity (Wildman–Crippen MR) is 83.7 cm³/mol. The summed E-state index contributed by atoms with van der Waals surface area (Å²) in [6.45, 7) is 3.78. The third kappa shape index (κ3) is 5.65. The Hall–Kier alpha value is -1.93. The van der Waals surface area contributed by atoms with Gasteiger partial charge in [0.2, 0.25) is 10.0 Å². The minimum Gasteiger partial charge on any atom is -0.480 e. The summed E-state index contributed by atoms with van der Waals surface area (Å²) in [4.78, 5) is 22.6. The molecular weight excluding hydrogens is 322 g/mol. The van der Waals surface area contributed by atoms with Crippen molar-refractivity contribution >= 4 is 22.0 Å². The van der Waals surface area contributed by atoms with E-state index in [0.29, 0.717) is 6.42 Å². The van der Waals surface area contributed by atoms with Gasteiger partial charge in [-0.15, -0.1) is 0 Å². The van der Waals surface area contributed by atoms with Gasteiger partial charge in [-0.2, -0.15) is 4.72 Å². The van der Waals surface area contributed by atoms with Gasteiger partial charge in [0.25, 0.3) is 0 Å². The van der Waals surface area contributed by atoms with E-state index < -0.39 is 28.0 Å². The Morgan fingerprint density at radius 3 is 2.30 bits per heavy atom. The molecule has 1 aromatic carbocycles. The normalized spacial score (nSPS) is 12.6. The quantitative estimate of drug-likeness (QED) is 0.662. The van der Waals surface area contributed by atoms with Crippen LogP contribution in [0, 0.1) is 0 Å². The van der Waals surface area contributed by atoms with E-state index in [1.54, 1.807) is 6.92 Å². The number of carbonyl (C=O) groups excluding carboxylic acids is 1. The molecule has 0 unspecified atom stereocenters. The standard InChI is InChI=1S/C15H21NO6S/c1-3-5-6-13(14(17)18)16-23(20,21)12-9-7-11(8-10-12)15(19)22-4-2/h7-10,13,16H,3-6H2,1-2H3,(H,17,18)/t13-/m0/s1. The monoisotopic (exact) mass is 343 g/mol. The molecule has 0 fully saturated rings. The van der Waals surface area contributed by atoms with E-state index in [4.69, 9.17) is 9.84 Å². The number of nitrogens with one attached hydrogen (secondary N) is 1. The number of carboxylic acids is 1. The maximum absolute atomic E-state index is 12.2. The average molecular weight is 343 g/mol. The van der Waals surface area contributed by atoms with Crippen molar-refractivity contribution < 1.29 is 27.9 Å². The number of hydrogen-bond acceptors (Lipinski definition) is 5. The molecule has 0 aliphatic rings. The first-order valence-electron chi connectivity index (χ1n) is 7.34. The fourth-order valence-corrected chi connectivity index (χ4v) is 3.10. The first kappa shape index (κ1) is 19.1. The number of aliphatic carboxylic acids is 1. The van der Waals surface area contributed by atoms with Crippen LogP contribution in [0.3, 0.4) is 0 Å². The minimum atomic E-state index is -3.97. The van der Waals surface area contributed by atoms with Gasteiger partial charge in [0.1, 0.15) is 6.04 Å². The number of benzene rings is 1. The maximum atomic E-state index is 12.2. The zero-order chi connectivity index (χ0) is 17.5. The van der Waals surface area contributed by atoms with Gasteiger partial charge < -0.3 is 9.84 Å². The molecule has 0 aromatic heterocycles. The van der Waals surface area contributed by atoms with Crippen LogP contribution >= 0.6 is 0 Å². The molecule has 0 radical (unpaired) electrons. The summed E-state index contributed by atoms with van der Waals surface area (Å²) >= 11 is 0. The molecule has 0 aliphatic heterocycles. The van der Waals surface area contributed by atoms with Crippen molar-refractivity contribution in [3.63, 3.8) is 0 Å². The lowest BCUT2D eigenvalue weighted by atomic mass is 10.1. The Balaban J connectivity index is 2.90. The average Bonchev–Trinajstić information content (AvgIpc) is 2.51. The number of esters is 1. The van der Waals surface area contributed by atoms with E-state index in [2.05, 4.69) is 4.72 Å². The van der Waals surface area contributed by atoms with Crippen LogP contribution in [0.1, 0.15) is 43.5 Å². The number of ether oxygens (including phenoxy) is 1. The smallest absolute Gasteiger partial charge is 0.338 e. The number of hydrogen-bond donors (Lipinski definition) is 2. The van der Waals surface area contributed by atoms with Crippen LogP contribution in [0.5, 0.6) is 0 Å². The van der Waals surface area contributed by atoms with Crippen LogP contribution in [-0.2, 0) is 19.6 Å². The van der Waals surface area contributed by atoms with E-state index in [9.17, 15) is 18.0 Å². The van der Waals surface area contributed by atoms with Gasteiger partial charge >= 0.3 is 11.9 Å². The molecule has 1 rings (SSSR count). The largest absolute Gasteiger partial charge is 0.480 e. The number of rotatable bonds is 9. The van der Waals surface area contributed by atoms with E-state index >= 15 is 0 Å². The van der Waals surface area contributed by atoms with Crippen molar-refractivity contribution in [1.29, 1.82) is 0 Å². The highest BCUT2D eigenvalue weighted by Gasteiger charge is 2.25. The van der Waals surface area contributed by atoms with Gasteiger partial charge in [-0.05, 0) is 37.6 Å². The lowest BCUT2D eigenvalue weighted by molar-refractivity contribution is -0.139. The molecular formula is C15H21NO6S. The molecule has 0 saturated carbocycles. The second-order valence-electron chi connectivity index (χ2n) is 4.90. The Labute approximate surface area is 135 Å². The van der Waals surface area contributed by atoms with Gasteiger partial charge in [0, 0.05) is 0 Å². The SMILES string of the molecule is CCCC[C@H](NS(=O)(=O)c1ccc(C(=O)OCC)cc1)C(=O)O. The summed E-state index contributed by atoms with van der Waals surface area (Å²) in [6.07, 6.45) is 1.58. The van der Waals surface area contributed by atoms with Crippen molar-refractivity contribution in [2.75, 3.05) is 6.61 Å². The van der Waals surface area contributed by atoms with Crippen LogP contribution in [0.4, 0.5) is 0 Å². The Kier molecular flexibility index (Phi) is 7.18. The number of unbranched alkanes of at least 4 members (excludes halogenated alkanes) is 1. The van der Waals surface area contributed by atoms with Crippen molar-refractivity contribution in [3.8, 4) is 0 Å². The number of carboxylic acid groups (broad SMARTS) is 1. The third-order valence-electron chi connectivity index (χ3n) is 3.12. The molecule has 2 N–H and O–H groups in total. The van der Waals surface area contributed by atoms with Crippen molar-refractivity contribution in [1.82, 2.24) is 4.72 Å². The van der Waals surface area contributed by atoms with E-state index in [-0.39, 0.29) is 23.5 Å². The molecule has 0 bridgehead atoms. The lowest BCUT2D eigenvalue weighted by Gasteiger charge is -2.14. The Bertz CT molecular complexity index is 638. The number of carbonyl (C=O) groups is 2. The molecule has 0 saturated heterocycles. The Morgan fingerprint density at radius 1 is 1.22 bits per heavy atom. The molecule has 1 atom stereocenters. The fraction of sp³-hybridized carbons (Fsp3) is 0.467. The summed E-state index contributed by atoms with van der Waals surface area (Å²) in [5, 5.41) is 9.10. The molecule has 8 heteroatoms. The topological polar surface area (TPSA) is 110 Å². The van der Waals surface area contributed by atoms with Gasteiger partial charge in [-0.25, -0.2) is 13.2 Å². The fourth-order valence-electron chi connectivity index (χ4n) is 1.88. The van der Waals surface area contributed by atoms with Crippen molar-refractivity contribution in [3.05, 3.63) is 29.8 Å².